The number of amides is 1. The van der Waals surface area contributed by atoms with E-state index in [0.29, 0.717) is 0 Å². The van der Waals surface area contributed by atoms with Gasteiger partial charge in [0.15, 0.2) is 0 Å². The fourth-order valence-corrected chi connectivity index (χ4v) is 2.26. The molecule has 1 saturated heterocycles. The molecule has 4 heteroatoms. The maximum Gasteiger partial charge on any atom is 0.303 e. The highest BCUT2D eigenvalue weighted by molar-refractivity contribution is 5.81. The molecule has 0 aromatic rings. The van der Waals surface area contributed by atoms with Crippen molar-refractivity contribution in [2.45, 2.75) is 58.0 Å². The second-order valence-electron chi connectivity index (χ2n) is 4.32. The van der Waals surface area contributed by atoms with Gasteiger partial charge in [0.2, 0.25) is 5.91 Å². The van der Waals surface area contributed by atoms with Crippen LogP contribution in [0.3, 0.4) is 0 Å². The van der Waals surface area contributed by atoms with Crippen molar-refractivity contribution in [2.75, 3.05) is 0 Å². The lowest BCUT2D eigenvalue weighted by Crippen LogP contribution is -2.47. The Morgan fingerprint density at radius 2 is 1.73 bits per heavy atom. The van der Waals surface area contributed by atoms with E-state index in [1.165, 1.54) is 0 Å². The molecule has 1 aliphatic heterocycles. The van der Waals surface area contributed by atoms with E-state index in [-0.39, 0.29) is 30.8 Å². The smallest absolute Gasteiger partial charge is 0.303 e. The number of likely N-dealkylation sites (tertiary alicyclic amines) is 1. The number of carboxylic acid groups (broad SMARTS) is 1. The Labute approximate surface area is 90.3 Å². The molecule has 86 valence electrons. The summed E-state index contributed by atoms with van der Waals surface area (Å²) in [5.74, 6) is -0.919. The number of carbonyl (C=O) groups is 2. The SMILES string of the molecule is C[C@H]1CCC[C@H](C)N1C(=O)CCC(=O)O. The van der Waals surface area contributed by atoms with Gasteiger partial charge in [-0.15, -0.1) is 0 Å². The Balaban J connectivity index is 2.51. The number of nitrogens with zero attached hydrogens (tertiary/aromatic N) is 1. The molecule has 0 saturated carbocycles. The molecule has 0 bridgehead atoms. The van der Waals surface area contributed by atoms with E-state index in [4.69, 9.17) is 5.11 Å². The van der Waals surface area contributed by atoms with Crippen molar-refractivity contribution in [3.8, 4) is 0 Å². The highest BCUT2D eigenvalue weighted by Gasteiger charge is 2.28. The Bertz CT molecular complexity index is 242. The predicted octanol–water partition coefficient (Wildman–Crippen LogP) is 1.64. The minimum atomic E-state index is -0.902. The molecule has 0 radical (unpaired) electrons. The zero-order chi connectivity index (χ0) is 11.4. The molecular formula is C11H19NO3. The monoisotopic (exact) mass is 213 g/mol. The Morgan fingerprint density at radius 1 is 1.20 bits per heavy atom. The van der Waals surface area contributed by atoms with Gasteiger partial charge in [0, 0.05) is 18.5 Å². The van der Waals surface area contributed by atoms with Crippen molar-refractivity contribution in [2.24, 2.45) is 0 Å². The van der Waals surface area contributed by atoms with Crippen LogP contribution in [0.2, 0.25) is 0 Å². The van der Waals surface area contributed by atoms with E-state index in [0.717, 1.165) is 19.3 Å². The van der Waals surface area contributed by atoms with Crippen molar-refractivity contribution in [3.05, 3.63) is 0 Å². The molecule has 0 spiro atoms. The van der Waals surface area contributed by atoms with Gasteiger partial charge in [0.1, 0.15) is 0 Å². The molecule has 0 aromatic heterocycles. The van der Waals surface area contributed by atoms with Gasteiger partial charge in [-0.2, -0.15) is 0 Å². The highest BCUT2D eigenvalue weighted by Crippen LogP contribution is 2.23. The maximum absolute atomic E-state index is 11.8. The molecule has 0 unspecified atom stereocenters. The first-order chi connectivity index (χ1) is 7.02. The molecule has 0 aromatic carbocycles. The van der Waals surface area contributed by atoms with Crippen LogP contribution in [-0.2, 0) is 9.59 Å². The summed E-state index contributed by atoms with van der Waals surface area (Å²) < 4.78 is 0. The van der Waals surface area contributed by atoms with Gasteiger partial charge < -0.3 is 10.0 Å². The van der Waals surface area contributed by atoms with Gasteiger partial charge in [-0.05, 0) is 33.1 Å². The number of hydrogen-bond donors (Lipinski definition) is 1. The lowest BCUT2D eigenvalue weighted by molar-refractivity contribution is -0.143. The van der Waals surface area contributed by atoms with Crippen molar-refractivity contribution in [1.82, 2.24) is 4.90 Å². The molecule has 0 aliphatic carbocycles. The van der Waals surface area contributed by atoms with E-state index >= 15 is 0 Å². The van der Waals surface area contributed by atoms with Crippen LogP contribution in [0.1, 0.15) is 46.0 Å². The summed E-state index contributed by atoms with van der Waals surface area (Å²) in [5.41, 5.74) is 0. The van der Waals surface area contributed by atoms with E-state index in [9.17, 15) is 9.59 Å². The fourth-order valence-electron chi connectivity index (χ4n) is 2.26. The summed E-state index contributed by atoms with van der Waals surface area (Å²) in [6.07, 6.45) is 3.29. The number of carboxylic acids is 1. The van der Waals surface area contributed by atoms with Crippen LogP contribution in [0.4, 0.5) is 0 Å². The summed E-state index contributed by atoms with van der Waals surface area (Å²) in [6, 6.07) is 0.519. The fraction of sp³-hybridized carbons (Fsp3) is 0.818. The predicted molar refractivity (Wildman–Crippen MR) is 56.5 cm³/mol. The van der Waals surface area contributed by atoms with Crippen molar-refractivity contribution >= 4 is 11.9 Å². The second-order valence-corrected chi connectivity index (χ2v) is 4.32. The zero-order valence-electron chi connectivity index (χ0n) is 9.40. The third-order valence-electron chi connectivity index (χ3n) is 3.03. The number of piperidine rings is 1. The number of carbonyl (C=O) groups excluding carboxylic acids is 1. The van der Waals surface area contributed by atoms with Crippen molar-refractivity contribution < 1.29 is 14.7 Å². The van der Waals surface area contributed by atoms with Crippen LogP contribution in [-0.4, -0.2) is 34.0 Å². The van der Waals surface area contributed by atoms with Crippen LogP contribution in [0.5, 0.6) is 0 Å². The minimum absolute atomic E-state index is 0.0166. The molecule has 4 nitrogen and oxygen atoms in total. The third kappa shape index (κ3) is 3.22. The Morgan fingerprint density at radius 3 is 2.20 bits per heavy atom. The van der Waals surface area contributed by atoms with Crippen LogP contribution < -0.4 is 0 Å². The molecular weight excluding hydrogens is 194 g/mol. The molecule has 1 aliphatic rings. The van der Waals surface area contributed by atoms with Crippen LogP contribution in [0.15, 0.2) is 0 Å². The van der Waals surface area contributed by atoms with Crippen LogP contribution in [0.25, 0.3) is 0 Å². The summed E-state index contributed by atoms with van der Waals surface area (Å²) in [6.45, 7) is 4.07. The van der Waals surface area contributed by atoms with Crippen molar-refractivity contribution in [1.29, 1.82) is 0 Å². The quantitative estimate of drug-likeness (QED) is 0.775. The van der Waals surface area contributed by atoms with E-state index < -0.39 is 5.97 Å². The standard InChI is InChI=1S/C11H19NO3/c1-8-4-3-5-9(2)12(8)10(13)6-7-11(14)15/h8-9H,3-7H2,1-2H3,(H,14,15)/t8-,9-/m0/s1. The number of rotatable bonds is 3. The number of hydrogen-bond acceptors (Lipinski definition) is 2. The average Bonchev–Trinajstić information content (AvgIpc) is 2.14. The summed E-state index contributed by atoms with van der Waals surface area (Å²) in [5, 5.41) is 8.52. The Kier molecular flexibility index (Phi) is 4.12. The lowest BCUT2D eigenvalue weighted by Gasteiger charge is -2.39. The highest BCUT2D eigenvalue weighted by atomic mass is 16.4. The third-order valence-corrected chi connectivity index (χ3v) is 3.03. The van der Waals surface area contributed by atoms with Gasteiger partial charge in [-0.1, -0.05) is 0 Å². The maximum atomic E-state index is 11.8. The van der Waals surface area contributed by atoms with Gasteiger partial charge in [-0.25, -0.2) is 0 Å². The first-order valence-corrected chi connectivity index (χ1v) is 5.55. The van der Waals surface area contributed by atoms with Crippen LogP contribution >= 0.6 is 0 Å². The average molecular weight is 213 g/mol. The molecule has 1 amide bonds. The second kappa shape index (κ2) is 5.14. The number of aliphatic carboxylic acids is 1. The topological polar surface area (TPSA) is 57.6 Å². The summed E-state index contributed by atoms with van der Waals surface area (Å²) in [4.78, 5) is 24.0. The van der Waals surface area contributed by atoms with Crippen LogP contribution in [0, 0.1) is 0 Å². The summed E-state index contributed by atoms with van der Waals surface area (Å²) in [7, 11) is 0. The van der Waals surface area contributed by atoms with E-state index in [1.54, 1.807) is 0 Å². The van der Waals surface area contributed by atoms with E-state index in [1.807, 2.05) is 18.7 Å². The zero-order valence-corrected chi connectivity index (χ0v) is 9.40. The molecule has 1 heterocycles. The van der Waals surface area contributed by atoms with Gasteiger partial charge >= 0.3 is 5.97 Å². The van der Waals surface area contributed by atoms with Gasteiger partial charge in [0.05, 0.1) is 6.42 Å². The first kappa shape index (κ1) is 12.0. The molecule has 2 atom stereocenters. The van der Waals surface area contributed by atoms with Gasteiger partial charge in [-0.3, -0.25) is 9.59 Å². The van der Waals surface area contributed by atoms with Crippen molar-refractivity contribution in [3.63, 3.8) is 0 Å². The normalized spacial score (nSPS) is 26.4. The first-order valence-electron chi connectivity index (χ1n) is 5.55. The molecule has 1 fully saturated rings. The minimum Gasteiger partial charge on any atom is -0.481 e. The summed E-state index contributed by atoms with van der Waals surface area (Å²) >= 11 is 0. The molecule has 1 N–H and O–H groups in total. The molecule has 1 rings (SSSR count). The van der Waals surface area contributed by atoms with Gasteiger partial charge in [0.25, 0.3) is 0 Å². The lowest BCUT2D eigenvalue weighted by atomic mass is 9.97. The molecule has 15 heavy (non-hydrogen) atoms. The van der Waals surface area contributed by atoms with E-state index in [2.05, 4.69) is 0 Å². The Hall–Kier alpha value is -1.06. The largest absolute Gasteiger partial charge is 0.481 e.